The lowest BCUT2D eigenvalue weighted by atomic mass is 10.0. The summed E-state index contributed by atoms with van der Waals surface area (Å²) in [6, 6.07) is 10.5. The van der Waals surface area contributed by atoms with Gasteiger partial charge in [0.25, 0.3) is 0 Å². The van der Waals surface area contributed by atoms with Gasteiger partial charge in [0.1, 0.15) is 11.5 Å². The Balaban J connectivity index is 1.90. The minimum Gasteiger partial charge on any atom is -0.508 e. The Kier molecular flexibility index (Phi) is 4.78. The summed E-state index contributed by atoms with van der Waals surface area (Å²) in [6.45, 7) is 0. The number of nitrogen functional groups attached to an aromatic ring is 1. The molecule has 0 spiro atoms. The molecule has 5 heteroatoms. The number of aromatic hydroxyl groups is 2. The van der Waals surface area contributed by atoms with Crippen LogP contribution in [0.1, 0.15) is 40.0 Å². The predicted octanol–water partition coefficient (Wildman–Crippen LogP) is 2.92. The number of phenolic OH excluding ortho intramolecular Hbond substituents is 2. The molecule has 0 aliphatic rings. The molecule has 4 N–H and O–H groups in total. The van der Waals surface area contributed by atoms with Crippen LogP contribution >= 0.6 is 0 Å². The fourth-order valence-corrected chi connectivity index (χ4v) is 2.13. The Morgan fingerprint density at radius 3 is 2.23 bits per heavy atom. The van der Waals surface area contributed by atoms with Crippen molar-refractivity contribution >= 4 is 17.3 Å². The molecule has 2 aromatic rings. The number of anilines is 1. The zero-order chi connectivity index (χ0) is 16.1. The van der Waals surface area contributed by atoms with Crippen LogP contribution in [0, 0.1) is 0 Å². The minimum atomic E-state index is -0.202. The third-order valence-electron chi connectivity index (χ3n) is 3.38. The number of hydrogen-bond donors (Lipinski definition) is 3. The van der Waals surface area contributed by atoms with E-state index in [-0.39, 0.29) is 47.2 Å². The number of carbonyl (C=O) groups is 2. The lowest BCUT2D eigenvalue weighted by Crippen LogP contribution is -2.05. The van der Waals surface area contributed by atoms with E-state index in [0.717, 1.165) is 0 Å². The SMILES string of the molecule is Nc1c(O)cccc1C(=O)CCCC(=O)c1ccc(O)cc1. The highest BCUT2D eigenvalue weighted by Gasteiger charge is 2.13. The number of hydrogen-bond acceptors (Lipinski definition) is 5. The second kappa shape index (κ2) is 6.76. The first-order chi connectivity index (χ1) is 10.5. The van der Waals surface area contributed by atoms with E-state index < -0.39 is 0 Å². The van der Waals surface area contributed by atoms with Crippen molar-refractivity contribution in [2.45, 2.75) is 19.3 Å². The van der Waals surface area contributed by atoms with Gasteiger partial charge in [-0.05, 0) is 42.8 Å². The van der Waals surface area contributed by atoms with E-state index >= 15 is 0 Å². The van der Waals surface area contributed by atoms with Gasteiger partial charge >= 0.3 is 0 Å². The van der Waals surface area contributed by atoms with Gasteiger partial charge in [-0.2, -0.15) is 0 Å². The average Bonchev–Trinajstić information content (AvgIpc) is 2.50. The number of ketones is 2. The first-order valence-electron chi connectivity index (χ1n) is 6.92. The van der Waals surface area contributed by atoms with Gasteiger partial charge in [-0.25, -0.2) is 0 Å². The second-order valence-electron chi connectivity index (χ2n) is 4.99. The summed E-state index contributed by atoms with van der Waals surface area (Å²) in [5.74, 6) is -0.305. The monoisotopic (exact) mass is 299 g/mol. The Bertz CT molecular complexity index is 692. The normalized spacial score (nSPS) is 10.4. The Morgan fingerprint density at radius 2 is 1.55 bits per heavy atom. The number of rotatable bonds is 6. The van der Waals surface area contributed by atoms with Gasteiger partial charge in [0.05, 0.1) is 5.69 Å². The van der Waals surface area contributed by atoms with Crippen molar-refractivity contribution in [3.63, 3.8) is 0 Å². The van der Waals surface area contributed by atoms with Crippen LogP contribution in [0.25, 0.3) is 0 Å². The molecule has 5 nitrogen and oxygen atoms in total. The summed E-state index contributed by atoms with van der Waals surface area (Å²) in [6.07, 6.45) is 0.806. The molecule has 0 heterocycles. The summed E-state index contributed by atoms with van der Waals surface area (Å²) in [5, 5.41) is 18.7. The number of phenols is 2. The molecule has 0 atom stereocenters. The highest BCUT2D eigenvalue weighted by Crippen LogP contribution is 2.25. The number of para-hydroxylation sites is 1. The van der Waals surface area contributed by atoms with Gasteiger partial charge in [-0.15, -0.1) is 0 Å². The van der Waals surface area contributed by atoms with Crippen LogP contribution < -0.4 is 5.73 Å². The number of Topliss-reactive ketones (excluding diaryl/α,β-unsaturated/α-hetero) is 2. The van der Waals surface area contributed by atoms with Crippen molar-refractivity contribution in [2.24, 2.45) is 0 Å². The molecule has 0 amide bonds. The molecule has 0 aromatic heterocycles. The Hall–Kier alpha value is -2.82. The van der Waals surface area contributed by atoms with Crippen molar-refractivity contribution in [2.75, 3.05) is 5.73 Å². The van der Waals surface area contributed by atoms with Gasteiger partial charge < -0.3 is 15.9 Å². The molecular weight excluding hydrogens is 282 g/mol. The molecule has 114 valence electrons. The molecule has 22 heavy (non-hydrogen) atoms. The van der Waals surface area contributed by atoms with Crippen LogP contribution in [-0.4, -0.2) is 21.8 Å². The number of nitrogens with two attached hydrogens (primary N) is 1. The van der Waals surface area contributed by atoms with Gasteiger partial charge in [-0.1, -0.05) is 6.07 Å². The molecule has 2 rings (SSSR count). The van der Waals surface area contributed by atoms with E-state index in [1.165, 1.54) is 18.2 Å². The van der Waals surface area contributed by atoms with E-state index in [0.29, 0.717) is 12.0 Å². The third-order valence-corrected chi connectivity index (χ3v) is 3.38. The maximum Gasteiger partial charge on any atom is 0.165 e. The quantitative estimate of drug-likeness (QED) is 0.432. The molecule has 0 saturated carbocycles. The van der Waals surface area contributed by atoms with Crippen LogP contribution in [0.2, 0.25) is 0 Å². The summed E-state index contributed by atoms with van der Waals surface area (Å²) < 4.78 is 0. The molecule has 2 aromatic carbocycles. The van der Waals surface area contributed by atoms with E-state index in [1.54, 1.807) is 24.3 Å². The molecule has 0 bridgehead atoms. The summed E-state index contributed by atoms with van der Waals surface area (Å²) >= 11 is 0. The molecule has 0 unspecified atom stereocenters. The highest BCUT2D eigenvalue weighted by molar-refractivity contribution is 6.02. The average molecular weight is 299 g/mol. The van der Waals surface area contributed by atoms with Crippen LogP contribution in [0.5, 0.6) is 11.5 Å². The van der Waals surface area contributed by atoms with Crippen molar-refractivity contribution in [1.82, 2.24) is 0 Å². The second-order valence-corrected chi connectivity index (χ2v) is 4.99. The van der Waals surface area contributed by atoms with Crippen LogP contribution in [0.15, 0.2) is 42.5 Å². The highest BCUT2D eigenvalue weighted by atomic mass is 16.3. The lowest BCUT2D eigenvalue weighted by molar-refractivity contribution is 0.0957. The topological polar surface area (TPSA) is 101 Å². The molecular formula is C17H17NO4. The molecule has 0 radical (unpaired) electrons. The Labute approximate surface area is 128 Å². The Morgan fingerprint density at radius 1 is 0.909 bits per heavy atom. The molecule has 0 saturated heterocycles. The van der Waals surface area contributed by atoms with Gasteiger partial charge in [-0.3, -0.25) is 9.59 Å². The smallest absolute Gasteiger partial charge is 0.165 e. The first kappa shape index (κ1) is 15.6. The molecule has 0 aliphatic carbocycles. The van der Waals surface area contributed by atoms with Crippen LogP contribution in [0.3, 0.4) is 0 Å². The van der Waals surface area contributed by atoms with Crippen molar-refractivity contribution < 1.29 is 19.8 Å². The predicted molar refractivity (Wildman–Crippen MR) is 83.1 cm³/mol. The fourth-order valence-electron chi connectivity index (χ4n) is 2.13. The lowest BCUT2D eigenvalue weighted by Gasteiger charge is -2.06. The standard InChI is InChI=1S/C17H17NO4/c18-17-13(3-1-6-16(17)22)15(21)5-2-4-14(20)11-7-9-12(19)10-8-11/h1,3,6-10,19,22H,2,4-5,18H2. The van der Waals surface area contributed by atoms with Gasteiger partial charge in [0, 0.05) is 24.0 Å². The van der Waals surface area contributed by atoms with Gasteiger partial charge in [0.2, 0.25) is 0 Å². The summed E-state index contributed by atoms with van der Waals surface area (Å²) in [4.78, 5) is 24.0. The van der Waals surface area contributed by atoms with Crippen LogP contribution in [-0.2, 0) is 0 Å². The van der Waals surface area contributed by atoms with Crippen molar-refractivity contribution in [1.29, 1.82) is 0 Å². The van der Waals surface area contributed by atoms with E-state index in [4.69, 9.17) is 5.73 Å². The summed E-state index contributed by atoms with van der Waals surface area (Å²) in [5.41, 5.74) is 6.50. The zero-order valence-electron chi connectivity index (χ0n) is 12.0. The molecule has 0 aliphatic heterocycles. The van der Waals surface area contributed by atoms with E-state index in [1.807, 2.05) is 0 Å². The van der Waals surface area contributed by atoms with Gasteiger partial charge in [0.15, 0.2) is 11.6 Å². The zero-order valence-corrected chi connectivity index (χ0v) is 12.0. The largest absolute Gasteiger partial charge is 0.508 e. The number of benzene rings is 2. The first-order valence-corrected chi connectivity index (χ1v) is 6.92. The van der Waals surface area contributed by atoms with Crippen molar-refractivity contribution in [3.8, 4) is 11.5 Å². The molecule has 0 fully saturated rings. The maximum absolute atomic E-state index is 12.0. The number of carbonyl (C=O) groups excluding carboxylic acids is 2. The summed E-state index contributed by atoms with van der Waals surface area (Å²) in [7, 11) is 0. The van der Waals surface area contributed by atoms with Crippen LogP contribution in [0.4, 0.5) is 5.69 Å². The third kappa shape index (κ3) is 3.63. The fraction of sp³-hybridized carbons (Fsp3) is 0.176. The maximum atomic E-state index is 12.0. The van der Waals surface area contributed by atoms with E-state index in [2.05, 4.69) is 0 Å². The van der Waals surface area contributed by atoms with Crippen molar-refractivity contribution in [3.05, 3.63) is 53.6 Å². The van der Waals surface area contributed by atoms with E-state index in [9.17, 15) is 19.8 Å². The minimum absolute atomic E-state index is 0.0670.